The Kier molecular flexibility index (Phi) is 2.95. The lowest BCUT2D eigenvalue weighted by atomic mass is 10.2. The smallest absolute Gasteiger partial charge is 0.124 e. The van der Waals surface area contributed by atoms with Crippen LogP contribution < -0.4 is 0 Å². The van der Waals surface area contributed by atoms with Crippen molar-refractivity contribution in [3.63, 3.8) is 0 Å². The topological polar surface area (TPSA) is 54.5 Å². The molecule has 0 spiro atoms. The molecular weight excluding hydrogens is 236 g/mol. The lowest BCUT2D eigenvalue weighted by Gasteiger charge is -2.07. The molecule has 3 rings (SSSR count). The van der Waals surface area contributed by atoms with Crippen LogP contribution in [0.1, 0.15) is 11.4 Å². The number of nitrogens with zero attached hydrogens (tertiary/aromatic N) is 4. The minimum absolute atomic E-state index is 0.314. The molecule has 2 heterocycles. The van der Waals surface area contributed by atoms with Gasteiger partial charge in [-0.15, -0.1) is 0 Å². The van der Waals surface area contributed by atoms with E-state index in [1.807, 2.05) is 42.6 Å². The van der Waals surface area contributed by atoms with Crippen molar-refractivity contribution in [2.45, 2.75) is 13.0 Å². The van der Waals surface area contributed by atoms with E-state index in [-0.39, 0.29) is 0 Å². The van der Waals surface area contributed by atoms with Gasteiger partial charge in [0.25, 0.3) is 0 Å². The summed E-state index contributed by atoms with van der Waals surface area (Å²) in [6.45, 7) is 0.686. The van der Waals surface area contributed by atoms with Gasteiger partial charge in [-0.1, -0.05) is 18.2 Å². The van der Waals surface area contributed by atoms with E-state index in [9.17, 15) is 0 Å². The molecule has 2 aromatic heterocycles. The SMILES string of the molecule is N#CCc1nc2ccccc2n1Cc1cccnc1. The fourth-order valence-electron chi connectivity index (χ4n) is 2.18. The zero-order valence-electron chi connectivity index (χ0n) is 10.3. The van der Waals surface area contributed by atoms with E-state index >= 15 is 0 Å². The molecule has 0 unspecified atom stereocenters. The van der Waals surface area contributed by atoms with Gasteiger partial charge in [0.1, 0.15) is 5.82 Å². The van der Waals surface area contributed by atoms with E-state index in [2.05, 4.69) is 20.6 Å². The molecule has 0 radical (unpaired) electrons. The van der Waals surface area contributed by atoms with E-state index in [4.69, 9.17) is 5.26 Å². The molecule has 0 aliphatic rings. The summed E-state index contributed by atoms with van der Waals surface area (Å²) in [7, 11) is 0. The van der Waals surface area contributed by atoms with Gasteiger partial charge in [0.05, 0.1) is 30.1 Å². The summed E-state index contributed by atoms with van der Waals surface area (Å²) in [5.74, 6) is 0.799. The first-order chi connectivity index (χ1) is 9.38. The first-order valence-corrected chi connectivity index (χ1v) is 6.08. The Hall–Kier alpha value is -2.67. The molecule has 1 aromatic carbocycles. The Labute approximate surface area is 111 Å². The van der Waals surface area contributed by atoms with Crippen LogP contribution in [0.5, 0.6) is 0 Å². The largest absolute Gasteiger partial charge is 0.323 e. The van der Waals surface area contributed by atoms with E-state index in [1.165, 1.54) is 0 Å². The predicted molar refractivity (Wildman–Crippen MR) is 72.4 cm³/mol. The van der Waals surface area contributed by atoms with Crippen molar-refractivity contribution < 1.29 is 0 Å². The third-order valence-electron chi connectivity index (χ3n) is 3.03. The Balaban J connectivity index is 2.10. The summed E-state index contributed by atoms with van der Waals surface area (Å²) in [5.41, 5.74) is 3.08. The number of rotatable bonds is 3. The highest BCUT2D eigenvalue weighted by atomic mass is 15.1. The van der Waals surface area contributed by atoms with E-state index in [0.717, 1.165) is 22.4 Å². The average Bonchev–Trinajstić information content (AvgIpc) is 2.79. The second-order valence-electron chi connectivity index (χ2n) is 4.30. The summed E-state index contributed by atoms with van der Waals surface area (Å²) in [5, 5.41) is 8.92. The summed E-state index contributed by atoms with van der Waals surface area (Å²) < 4.78 is 2.08. The van der Waals surface area contributed by atoms with E-state index < -0.39 is 0 Å². The van der Waals surface area contributed by atoms with Crippen LogP contribution in [0.15, 0.2) is 48.8 Å². The van der Waals surface area contributed by atoms with Gasteiger partial charge in [-0.2, -0.15) is 5.26 Å². The van der Waals surface area contributed by atoms with Crippen LogP contribution in [-0.2, 0) is 13.0 Å². The van der Waals surface area contributed by atoms with Crippen LogP contribution in [0.3, 0.4) is 0 Å². The summed E-state index contributed by atoms with van der Waals surface area (Å²) in [6, 6.07) is 14.1. The second-order valence-corrected chi connectivity index (χ2v) is 4.30. The summed E-state index contributed by atoms with van der Waals surface area (Å²) >= 11 is 0. The van der Waals surface area contributed by atoms with Crippen molar-refractivity contribution in [2.24, 2.45) is 0 Å². The number of para-hydroxylation sites is 2. The highest BCUT2D eigenvalue weighted by Crippen LogP contribution is 2.17. The molecule has 4 heteroatoms. The molecule has 0 amide bonds. The Morgan fingerprint density at radius 3 is 2.84 bits per heavy atom. The highest BCUT2D eigenvalue weighted by Gasteiger charge is 2.10. The van der Waals surface area contributed by atoms with E-state index in [1.54, 1.807) is 6.20 Å². The lowest BCUT2D eigenvalue weighted by Crippen LogP contribution is -2.04. The molecule has 0 atom stereocenters. The monoisotopic (exact) mass is 248 g/mol. The fraction of sp³-hybridized carbons (Fsp3) is 0.133. The molecular formula is C15H12N4. The minimum Gasteiger partial charge on any atom is -0.323 e. The van der Waals surface area contributed by atoms with Crippen LogP contribution in [0, 0.1) is 11.3 Å². The van der Waals surface area contributed by atoms with Gasteiger partial charge in [-0.25, -0.2) is 4.98 Å². The van der Waals surface area contributed by atoms with Gasteiger partial charge in [-0.3, -0.25) is 4.98 Å². The molecule has 0 aliphatic heterocycles. The van der Waals surface area contributed by atoms with Crippen LogP contribution in [-0.4, -0.2) is 14.5 Å². The number of fused-ring (bicyclic) bond motifs is 1. The number of pyridine rings is 1. The van der Waals surface area contributed by atoms with Crippen LogP contribution in [0.4, 0.5) is 0 Å². The third-order valence-corrected chi connectivity index (χ3v) is 3.03. The first kappa shape index (κ1) is 11.4. The molecule has 0 N–H and O–H groups in total. The summed E-state index contributed by atoms with van der Waals surface area (Å²) in [6.07, 6.45) is 3.91. The molecule has 0 saturated heterocycles. The van der Waals surface area contributed by atoms with Crippen molar-refractivity contribution >= 4 is 11.0 Å². The second kappa shape index (κ2) is 4.91. The zero-order valence-corrected chi connectivity index (χ0v) is 10.3. The Morgan fingerprint density at radius 2 is 2.05 bits per heavy atom. The molecule has 0 aliphatic carbocycles. The molecule has 92 valence electrons. The maximum atomic E-state index is 8.92. The van der Waals surface area contributed by atoms with Crippen molar-refractivity contribution in [3.05, 3.63) is 60.2 Å². The quantitative estimate of drug-likeness (QED) is 0.715. The molecule has 0 bridgehead atoms. The molecule has 4 nitrogen and oxygen atoms in total. The first-order valence-electron chi connectivity index (χ1n) is 6.08. The average molecular weight is 248 g/mol. The lowest BCUT2D eigenvalue weighted by molar-refractivity contribution is 0.766. The highest BCUT2D eigenvalue weighted by molar-refractivity contribution is 5.76. The van der Waals surface area contributed by atoms with Crippen molar-refractivity contribution in [2.75, 3.05) is 0 Å². The molecule has 0 fully saturated rings. The van der Waals surface area contributed by atoms with Gasteiger partial charge in [0.2, 0.25) is 0 Å². The number of imidazole rings is 1. The van der Waals surface area contributed by atoms with Crippen molar-refractivity contribution in [1.82, 2.24) is 14.5 Å². The van der Waals surface area contributed by atoms with Gasteiger partial charge < -0.3 is 4.57 Å². The standard InChI is InChI=1S/C15H12N4/c16-8-7-15-18-13-5-1-2-6-14(13)19(15)11-12-4-3-9-17-10-12/h1-6,9-10H,7,11H2. The molecule has 3 aromatic rings. The maximum absolute atomic E-state index is 8.92. The van der Waals surface area contributed by atoms with E-state index in [0.29, 0.717) is 13.0 Å². The minimum atomic E-state index is 0.314. The van der Waals surface area contributed by atoms with Gasteiger partial charge in [0.15, 0.2) is 0 Å². The molecule has 0 saturated carbocycles. The number of nitriles is 1. The van der Waals surface area contributed by atoms with Gasteiger partial charge in [-0.05, 0) is 23.8 Å². The Bertz CT molecular complexity index is 738. The molecule has 19 heavy (non-hydrogen) atoms. The zero-order chi connectivity index (χ0) is 13.1. The number of aromatic nitrogens is 3. The fourth-order valence-corrected chi connectivity index (χ4v) is 2.18. The predicted octanol–water partition coefficient (Wildman–Crippen LogP) is 2.55. The Morgan fingerprint density at radius 1 is 1.16 bits per heavy atom. The maximum Gasteiger partial charge on any atom is 0.124 e. The van der Waals surface area contributed by atoms with Crippen LogP contribution in [0.2, 0.25) is 0 Å². The number of hydrogen-bond donors (Lipinski definition) is 0. The van der Waals surface area contributed by atoms with Crippen molar-refractivity contribution in [3.8, 4) is 6.07 Å². The normalized spacial score (nSPS) is 10.5. The number of hydrogen-bond acceptors (Lipinski definition) is 3. The van der Waals surface area contributed by atoms with Crippen molar-refractivity contribution in [1.29, 1.82) is 5.26 Å². The van der Waals surface area contributed by atoms with Crippen LogP contribution in [0.25, 0.3) is 11.0 Å². The van der Waals surface area contributed by atoms with Gasteiger partial charge >= 0.3 is 0 Å². The van der Waals surface area contributed by atoms with Gasteiger partial charge in [0, 0.05) is 12.4 Å². The third kappa shape index (κ3) is 2.18. The number of benzene rings is 1. The summed E-state index contributed by atoms with van der Waals surface area (Å²) in [4.78, 5) is 8.64. The van der Waals surface area contributed by atoms with Crippen LogP contribution >= 0.6 is 0 Å².